The summed E-state index contributed by atoms with van der Waals surface area (Å²) in [5, 5.41) is 15.5. The Morgan fingerprint density at radius 1 is 1.71 bits per heavy atom. The fraction of sp³-hybridized carbons (Fsp3) is 0.444. The minimum atomic E-state index is -0.113. The van der Waals surface area contributed by atoms with Crippen LogP contribution in [0, 0.1) is 18.3 Å². The third kappa shape index (κ3) is 1.74. The lowest BCUT2D eigenvalue weighted by Gasteiger charge is -2.01. The summed E-state index contributed by atoms with van der Waals surface area (Å²) in [4.78, 5) is 11.2. The van der Waals surface area contributed by atoms with Gasteiger partial charge in [-0.3, -0.25) is 9.48 Å². The molecule has 0 saturated heterocycles. The van der Waals surface area contributed by atoms with E-state index >= 15 is 0 Å². The van der Waals surface area contributed by atoms with Gasteiger partial charge < -0.3 is 5.32 Å². The van der Waals surface area contributed by atoms with Crippen molar-refractivity contribution < 1.29 is 4.79 Å². The molecule has 1 aromatic heterocycles. The van der Waals surface area contributed by atoms with Crippen LogP contribution in [0.5, 0.6) is 0 Å². The number of carbonyl (C=O) groups excluding carboxylic acids is 1. The molecule has 0 saturated carbocycles. The molecule has 0 bridgehead atoms. The molecule has 0 aromatic carbocycles. The molecule has 1 amide bonds. The molecule has 0 aliphatic carbocycles. The van der Waals surface area contributed by atoms with Gasteiger partial charge in [0.25, 0.3) is 0 Å². The maximum atomic E-state index is 11.2. The molecule has 1 heterocycles. The summed E-state index contributed by atoms with van der Waals surface area (Å²) in [6.45, 7) is 3.51. The first-order valence-electron chi connectivity index (χ1n) is 4.33. The molecule has 5 nitrogen and oxygen atoms in total. The van der Waals surface area contributed by atoms with E-state index in [0.29, 0.717) is 23.5 Å². The van der Waals surface area contributed by atoms with Crippen molar-refractivity contribution in [1.82, 2.24) is 9.78 Å². The molecule has 0 unspecified atom stereocenters. The Morgan fingerprint density at radius 3 is 2.86 bits per heavy atom. The number of aryl methyl sites for hydroxylation is 2. The molecule has 1 N–H and O–H groups in total. The smallest absolute Gasteiger partial charge is 0.224 e. The van der Waals surface area contributed by atoms with Gasteiger partial charge in [-0.25, -0.2) is 0 Å². The van der Waals surface area contributed by atoms with Gasteiger partial charge in [-0.1, -0.05) is 6.92 Å². The number of anilines is 1. The van der Waals surface area contributed by atoms with Gasteiger partial charge in [0.2, 0.25) is 5.91 Å². The molecule has 0 atom stereocenters. The van der Waals surface area contributed by atoms with Gasteiger partial charge in [-0.05, 0) is 6.92 Å². The lowest BCUT2D eigenvalue weighted by Crippen LogP contribution is -2.11. The Bertz CT molecular complexity index is 400. The first-order valence-corrected chi connectivity index (χ1v) is 4.33. The zero-order valence-electron chi connectivity index (χ0n) is 8.46. The van der Waals surface area contributed by atoms with E-state index in [0.717, 1.165) is 0 Å². The summed E-state index contributed by atoms with van der Waals surface area (Å²) in [6.07, 6.45) is 0.388. The van der Waals surface area contributed by atoms with E-state index in [1.807, 2.05) is 6.07 Å². The summed E-state index contributed by atoms with van der Waals surface area (Å²) in [5.41, 5.74) is 1.55. The van der Waals surface area contributed by atoms with Crippen molar-refractivity contribution in [3.63, 3.8) is 0 Å². The second kappa shape index (κ2) is 3.92. The second-order valence-corrected chi connectivity index (χ2v) is 2.95. The molecule has 0 aliphatic rings. The van der Waals surface area contributed by atoms with Crippen molar-refractivity contribution in [1.29, 1.82) is 5.26 Å². The van der Waals surface area contributed by atoms with Crippen molar-refractivity contribution in [3.8, 4) is 6.07 Å². The van der Waals surface area contributed by atoms with Crippen LogP contribution in [-0.2, 0) is 11.8 Å². The average Bonchev–Trinajstić information content (AvgIpc) is 2.41. The number of carbonyl (C=O) groups is 1. The van der Waals surface area contributed by atoms with Gasteiger partial charge in [0.15, 0.2) is 5.69 Å². The van der Waals surface area contributed by atoms with E-state index in [1.165, 1.54) is 4.68 Å². The van der Waals surface area contributed by atoms with Crippen molar-refractivity contribution in [2.24, 2.45) is 7.05 Å². The summed E-state index contributed by atoms with van der Waals surface area (Å²) in [6, 6.07) is 2.00. The number of nitrogens with zero attached hydrogens (tertiary/aromatic N) is 3. The Labute approximate surface area is 82.3 Å². The Kier molecular flexibility index (Phi) is 2.87. The van der Waals surface area contributed by atoms with Crippen LogP contribution in [0.2, 0.25) is 0 Å². The predicted octanol–water partition coefficient (Wildman–Crippen LogP) is 0.949. The van der Waals surface area contributed by atoms with Crippen LogP contribution in [-0.4, -0.2) is 15.7 Å². The third-order valence-corrected chi connectivity index (χ3v) is 1.91. The number of rotatable bonds is 2. The number of amides is 1. The molecule has 0 radical (unpaired) electrons. The first kappa shape index (κ1) is 10.3. The third-order valence-electron chi connectivity index (χ3n) is 1.91. The molecule has 1 aromatic rings. The largest absolute Gasteiger partial charge is 0.322 e. The van der Waals surface area contributed by atoms with Crippen LogP contribution in [0.25, 0.3) is 0 Å². The number of nitriles is 1. The Balaban J connectivity index is 3.08. The number of aromatic nitrogens is 2. The molecule has 74 valence electrons. The van der Waals surface area contributed by atoms with E-state index in [-0.39, 0.29) is 5.91 Å². The SMILES string of the molecule is CCC(=O)Nc1c(C)nn(C)c1C#N. The highest BCUT2D eigenvalue weighted by atomic mass is 16.1. The maximum Gasteiger partial charge on any atom is 0.224 e. The monoisotopic (exact) mass is 192 g/mol. The van der Waals surface area contributed by atoms with Crippen LogP contribution in [0.3, 0.4) is 0 Å². The molecule has 14 heavy (non-hydrogen) atoms. The van der Waals surface area contributed by atoms with Gasteiger partial charge in [0, 0.05) is 13.5 Å². The van der Waals surface area contributed by atoms with Crippen molar-refractivity contribution in [2.75, 3.05) is 5.32 Å². The van der Waals surface area contributed by atoms with Crippen LogP contribution < -0.4 is 5.32 Å². The zero-order valence-corrected chi connectivity index (χ0v) is 8.46. The predicted molar refractivity (Wildman–Crippen MR) is 51.6 cm³/mol. The number of nitrogens with one attached hydrogen (secondary N) is 1. The Morgan fingerprint density at radius 2 is 2.36 bits per heavy atom. The highest BCUT2D eigenvalue weighted by molar-refractivity contribution is 5.92. The molecule has 0 spiro atoms. The lowest BCUT2D eigenvalue weighted by molar-refractivity contribution is -0.115. The highest BCUT2D eigenvalue weighted by Crippen LogP contribution is 2.18. The molecule has 1 rings (SSSR count). The molecular weight excluding hydrogens is 180 g/mol. The molecular formula is C9H12N4O. The fourth-order valence-electron chi connectivity index (χ4n) is 1.16. The zero-order chi connectivity index (χ0) is 10.7. The topological polar surface area (TPSA) is 70.7 Å². The van der Waals surface area contributed by atoms with Gasteiger partial charge in [0.1, 0.15) is 11.8 Å². The minimum absolute atomic E-state index is 0.113. The van der Waals surface area contributed by atoms with Gasteiger partial charge in [0.05, 0.1) is 5.69 Å². The average molecular weight is 192 g/mol. The van der Waals surface area contributed by atoms with E-state index in [1.54, 1.807) is 20.9 Å². The standard InChI is InChI=1S/C9H12N4O/c1-4-8(14)11-9-6(2)12-13(3)7(9)5-10/h4H2,1-3H3,(H,11,14). The van der Waals surface area contributed by atoms with E-state index in [4.69, 9.17) is 5.26 Å². The highest BCUT2D eigenvalue weighted by Gasteiger charge is 2.14. The van der Waals surface area contributed by atoms with Gasteiger partial charge in [-0.15, -0.1) is 0 Å². The summed E-state index contributed by atoms with van der Waals surface area (Å²) >= 11 is 0. The quantitative estimate of drug-likeness (QED) is 0.758. The second-order valence-electron chi connectivity index (χ2n) is 2.95. The summed E-state index contributed by atoms with van der Waals surface area (Å²) in [5.74, 6) is -0.113. The maximum absolute atomic E-state index is 11.2. The number of hydrogen-bond acceptors (Lipinski definition) is 3. The van der Waals surface area contributed by atoms with Crippen LogP contribution in [0.1, 0.15) is 24.7 Å². The van der Waals surface area contributed by atoms with Crippen LogP contribution in [0.15, 0.2) is 0 Å². The summed E-state index contributed by atoms with van der Waals surface area (Å²) < 4.78 is 1.46. The van der Waals surface area contributed by atoms with Crippen LogP contribution >= 0.6 is 0 Å². The first-order chi connectivity index (χ1) is 6.60. The van der Waals surface area contributed by atoms with Crippen molar-refractivity contribution in [2.45, 2.75) is 20.3 Å². The van der Waals surface area contributed by atoms with Crippen LogP contribution in [0.4, 0.5) is 5.69 Å². The molecule has 0 fully saturated rings. The Hall–Kier alpha value is -1.83. The number of hydrogen-bond donors (Lipinski definition) is 1. The van der Waals surface area contributed by atoms with Gasteiger partial charge >= 0.3 is 0 Å². The van der Waals surface area contributed by atoms with E-state index in [9.17, 15) is 4.79 Å². The summed E-state index contributed by atoms with van der Waals surface area (Å²) in [7, 11) is 1.67. The van der Waals surface area contributed by atoms with E-state index < -0.39 is 0 Å². The minimum Gasteiger partial charge on any atom is -0.322 e. The molecule has 0 aliphatic heterocycles. The van der Waals surface area contributed by atoms with Gasteiger partial charge in [-0.2, -0.15) is 10.4 Å². The fourth-order valence-corrected chi connectivity index (χ4v) is 1.16. The lowest BCUT2D eigenvalue weighted by atomic mass is 10.3. The normalized spacial score (nSPS) is 9.57. The van der Waals surface area contributed by atoms with E-state index in [2.05, 4.69) is 10.4 Å². The molecule has 5 heteroatoms. The van der Waals surface area contributed by atoms with Crippen molar-refractivity contribution in [3.05, 3.63) is 11.4 Å². The van der Waals surface area contributed by atoms with Crippen molar-refractivity contribution >= 4 is 11.6 Å².